The number of ether oxygens (including phenoxy) is 2. The van der Waals surface area contributed by atoms with Gasteiger partial charge in [0, 0.05) is 19.3 Å². The van der Waals surface area contributed by atoms with Gasteiger partial charge in [0.15, 0.2) is 11.9 Å². The van der Waals surface area contributed by atoms with Crippen molar-refractivity contribution in [2.45, 2.75) is 179 Å². The minimum Gasteiger partial charge on any atom is -0.462 e. The van der Waals surface area contributed by atoms with E-state index in [0.29, 0.717) is 38.5 Å². The van der Waals surface area contributed by atoms with Crippen LogP contribution in [0.5, 0.6) is 0 Å². The van der Waals surface area contributed by atoms with Crippen LogP contribution >= 0.6 is 15.6 Å². The van der Waals surface area contributed by atoms with Crippen LogP contribution < -0.4 is 0 Å². The molecule has 19 heteroatoms. The number of rotatable bonds is 37. The summed E-state index contributed by atoms with van der Waals surface area (Å²) in [6, 6.07) is 0. The van der Waals surface area contributed by atoms with E-state index < -0.39 is 83.5 Å². The molecule has 66 heavy (non-hydrogen) atoms. The first kappa shape index (κ1) is 60.9. The van der Waals surface area contributed by atoms with Crippen molar-refractivity contribution in [2.75, 3.05) is 13.2 Å². The number of allylic oxidation sites excluding steroid dienone is 14. The molecule has 1 saturated carbocycles. The predicted molar refractivity (Wildman–Crippen MR) is 250 cm³/mol. The molecule has 1 aliphatic carbocycles. The van der Waals surface area contributed by atoms with Crippen LogP contribution in [0.15, 0.2) is 85.1 Å². The molecule has 0 amide bonds. The van der Waals surface area contributed by atoms with Gasteiger partial charge in [0.05, 0.1) is 6.61 Å². The third-order valence-corrected chi connectivity index (χ3v) is 11.4. The van der Waals surface area contributed by atoms with E-state index in [1.54, 1.807) is 12.2 Å². The Bertz CT molecular complexity index is 1670. The van der Waals surface area contributed by atoms with E-state index in [9.17, 15) is 48.8 Å². The molecule has 5 unspecified atom stereocenters. The van der Waals surface area contributed by atoms with E-state index in [-0.39, 0.29) is 18.6 Å². The Balaban J connectivity index is 2.68. The number of esters is 2. The lowest BCUT2D eigenvalue weighted by atomic mass is 9.85. The normalized spacial score (nSPS) is 22.2. The Hall–Kier alpha value is -3.15. The summed E-state index contributed by atoms with van der Waals surface area (Å²) in [4.78, 5) is 66.0. The SMILES string of the molecule is CC/C=C\C/C=C\C/C=C\CCCCCCCC(=O)O[C@H](COC(=O)CCC/C=C\C/C=C\C/C=C\C=C\C(=O)CCCCC)COP(=O)(O)O[C@H]1C(O)C(O)C(O)[C@@H](OP(=O)(O)O)C1O. The lowest BCUT2D eigenvalue weighted by Gasteiger charge is -2.43. The zero-order valence-corrected chi connectivity index (χ0v) is 40.4. The fraction of sp³-hybridized carbons (Fsp3) is 0.638. The van der Waals surface area contributed by atoms with Gasteiger partial charge in [0.2, 0.25) is 0 Å². The minimum absolute atomic E-state index is 0.00393. The van der Waals surface area contributed by atoms with Gasteiger partial charge < -0.3 is 44.6 Å². The molecule has 0 saturated heterocycles. The number of phosphoric acid groups is 2. The fourth-order valence-electron chi connectivity index (χ4n) is 6.34. The van der Waals surface area contributed by atoms with E-state index in [0.717, 1.165) is 70.6 Å². The van der Waals surface area contributed by atoms with Crippen molar-refractivity contribution in [2.24, 2.45) is 0 Å². The van der Waals surface area contributed by atoms with Crippen molar-refractivity contribution in [3.8, 4) is 0 Å². The first-order chi connectivity index (χ1) is 31.5. The van der Waals surface area contributed by atoms with Crippen molar-refractivity contribution in [1.82, 2.24) is 0 Å². The summed E-state index contributed by atoms with van der Waals surface area (Å²) < 4.78 is 49.2. The first-order valence-corrected chi connectivity index (χ1v) is 26.1. The molecule has 0 heterocycles. The van der Waals surface area contributed by atoms with Crippen molar-refractivity contribution < 1.29 is 81.7 Å². The molecule has 0 aromatic carbocycles. The molecule has 1 aliphatic rings. The number of hydrogen-bond acceptors (Lipinski definition) is 14. The maximum atomic E-state index is 13.0. The minimum atomic E-state index is -5.38. The summed E-state index contributed by atoms with van der Waals surface area (Å²) >= 11 is 0. The molecule has 1 rings (SSSR count). The van der Waals surface area contributed by atoms with E-state index in [1.165, 1.54) is 0 Å². The molecule has 0 aromatic heterocycles. The largest absolute Gasteiger partial charge is 0.472 e. The third-order valence-electron chi connectivity index (χ3n) is 9.93. The monoisotopic (exact) mass is 974 g/mol. The Morgan fingerprint density at radius 1 is 0.545 bits per heavy atom. The Morgan fingerprint density at radius 2 is 1.08 bits per heavy atom. The second-order valence-corrected chi connectivity index (χ2v) is 18.4. The van der Waals surface area contributed by atoms with E-state index in [2.05, 4.69) is 54.8 Å². The van der Waals surface area contributed by atoms with Crippen LogP contribution in [-0.2, 0) is 46.6 Å². The van der Waals surface area contributed by atoms with Gasteiger partial charge in [-0.1, -0.05) is 125 Å². The number of carbonyl (C=O) groups excluding carboxylic acids is 3. The molecule has 0 aliphatic heterocycles. The Kier molecular flexibility index (Phi) is 34.0. The summed E-state index contributed by atoms with van der Waals surface area (Å²) in [5, 5.41) is 41.2. The van der Waals surface area contributed by atoms with E-state index in [1.807, 2.05) is 36.5 Å². The lowest BCUT2D eigenvalue weighted by Crippen LogP contribution is -2.64. The molecule has 0 bridgehead atoms. The molecule has 7 N–H and O–H groups in total. The third kappa shape index (κ3) is 31.0. The van der Waals surface area contributed by atoms with Crippen LogP contribution in [0.3, 0.4) is 0 Å². The Labute approximate surface area is 390 Å². The highest BCUT2D eigenvalue weighted by Crippen LogP contribution is 2.49. The molecule has 0 radical (unpaired) electrons. The van der Waals surface area contributed by atoms with E-state index in [4.69, 9.17) is 28.3 Å². The van der Waals surface area contributed by atoms with Gasteiger partial charge in [0.25, 0.3) is 0 Å². The topological polar surface area (TPSA) is 273 Å². The molecule has 17 nitrogen and oxygen atoms in total. The number of hydrogen-bond donors (Lipinski definition) is 7. The highest BCUT2D eigenvalue weighted by atomic mass is 31.2. The summed E-state index contributed by atoms with van der Waals surface area (Å²) in [6.45, 7) is 2.75. The maximum Gasteiger partial charge on any atom is 0.472 e. The molecule has 0 spiro atoms. The number of carbonyl (C=O) groups is 3. The van der Waals surface area contributed by atoms with Crippen molar-refractivity contribution >= 4 is 33.4 Å². The van der Waals surface area contributed by atoms with Crippen molar-refractivity contribution in [3.63, 3.8) is 0 Å². The van der Waals surface area contributed by atoms with Crippen LogP contribution in [0, 0.1) is 0 Å². The number of aliphatic hydroxyl groups is 4. The van der Waals surface area contributed by atoms with Gasteiger partial charge in [-0.2, -0.15) is 0 Å². The second kappa shape index (κ2) is 36.8. The van der Waals surface area contributed by atoms with Crippen LogP contribution in [0.25, 0.3) is 0 Å². The fourth-order valence-corrected chi connectivity index (χ4v) is 7.88. The van der Waals surface area contributed by atoms with Crippen LogP contribution in [0.1, 0.15) is 136 Å². The van der Waals surface area contributed by atoms with Crippen LogP contribution in [-0.4, -0.2) is 109 Å². The molecule has 376 valence electrons. The van der Waals surface area contributed by atoms with Gasteiger partial charge in [-0.25, -0.2) is 9.13 Å². The van der Waals surface area contributed by atoms with E-state index >= 15 is 0 Å². The average molecular weight is 975 g/mol. The number of unbranched alkanes of at least 4 members (excludes halogenated alkanes) is 8. The number of phosphoric ester groups is 2. The average Bonchev–Trinajstić information content (AvgIpc) is 3.26. The molecular weight excluding hydrogens is 898 g/mol. The molecule has 1 fully saturated rings. The summed E-state index contributed by atoms with van der Waals surface area (Å²) in [7, 11) is -10.7. The summed E-state index contributed by atoms with van der Waals surface area (Å²) in [5.41, 5.74) is 0. The standard InChI is InChI=1S/C47H76O17P2/c1-3-5-7-8-9-10-11-12-13-14-17-21-24-27-31-35-41(50)62-39(37-61-66(58,59)64-47-44(53)42(51)43(52)46(45(47)54)63-65(55,56)57)36-60-40(49)34-30-26-23-20-18-15-16-19-22-25-29-33-38(48)32-28-6-4-2/h5,7,9-10,12-13,15-16,20,22-23,25,29,33,39,42-47,51-54H,3-4,6,8,11,14,17-19,21,24,26-28,30-32,34-37H2,1-2H3,(H,58,59)(H2,55,56,57)/b7-5-,10-9-,13-12-,16-15-,23-20-,25-22-,33-29+/t39-,42?,43?,44?,45?,46-,47+/m1/s1. The number of ketones is 1. The molecule has 0 aromatic rings. The smallest absolute Gasteiger partial charge is 0.462 e. The predicted octanol–water partition coefficient (Wildman–Crippen LogP) is 7.79. The zero-order valence-electron chi connectivity index (χ0n) is 38.6. The van der Waals surface area contributed by atoms with Gasteiger partial charge >= 0.3 is 27.6 Å². The number of aliphatic hydroxyl groups excluding tert-OH is 4. The van der Waals surface area contributed by atoms with Crippen LogP contribution in [0.2, 0.25) is 0 Å². The van der Waals surface area contributed by atoms with Crippen molar-refractivity contribution in [1.29, 1.82) is 0 Å². The van der Waals surface area contributed by atoms with Gasteiger partial charge in [0.1, 0.15) is 43.2 Å². The maximum absolute atomic E-state index is 13.0. The first-order valence-electron chi connectivity index (χ1n) is 23.1. The van der Waals surface area contributed by atoms with Gasteiger partial charge in [-0.15, -0.1) is 0 Å². The highest BCUT2D eigenvalue weighted by Gasteiger charge is 2.54. The van der Waals surface area contributed by atoms with Crippen molar-refractivity contribution in [3.05, 3.63) is 85.1 Å². The van der Waals surface area contributed by atoms with Gasteiger partial charge in [-0.05, 0) is 76.7 Å². The highest BCUT2D eigenvalue weighted by molar-refractivity contribution is 7.47. The van der Waals surface area contributed by atoms with Crippen LogP contribution in [0.4, 0.5) is 0 Å². The summed E-state index contributed by atoms with van der Waals surface area (Å²) in [6.07, 6.45) is 26.7. The van der Waals surface area contributed by atoms with Gasteiger partial charge in [-0.3, -0.25) is 28.0 Å². The Morgan fingerprint density at radius 3 is 1.70 bits per heavy atom. The zero-order chi connectivity index (χ0) is 49.1. The summed E-state index contributed by atoms with van der Waals surface area (Å²) in [5.74, 6) is -1.21. The molecule has 8 atom stereocenters. The second-order valence-electron chi connectivity index (χ2n) is 15.8. The molecular formula is C47H76O17P2. The quantitative estimate of drug-likeness (QED) is 0.00781. The lowest BCUT2D eigenvalue weighted by molar-refractivity contribution is -0.216.